The number of benzene rings is 1. The molecular weight excluding hydrogens is 222 g/mol. The smallest absolute Gasteiger partial charge is 0.0843 e. The molecule has 0 spiro atoms. The summed E-state index contributed by atoms with van der Waals surface area (Å²) in [5.74, 6) is 0.577. The lowest BCUT2D eigenvalue weighted by atomic mass is 10.1. The molecule has 0 aliphatic carbocycles. The molecule has 0 amide bonds. The van der Waals surface area contributed by atoms with Crippen molar-refractivity contribution in [1.82, 2.24) is 15.0 Å². The van der Waals surface area contributed by atoms with Gasteiger partial charge >= 0.3 is 0 Å². The van der Waals surface area contributed by atoms with Crippen LogP contribution in [0.2, 0.25) is 0 Å². The van der Waals surface area contributed by atoms with E-state index < -0.39 is 0 Å². The maximum atomic E-state index is 5.66. The zero-order valence-corrected chi connectivity index (χ0v) is 9.98. The van der Waals surface area contributed by atoms with Crippen LogP contribution in [0.5, 0.6) is 0 Å². The number of halogens is 1. The van der Waals surface area contributed by atoms with Crippen LogP contribution >= 0.6 is 11.6 Å². The first kappa shape index (κ1) is 11.1. The van der Waals surface area contributed by atoms with Crippen LogP contribution in [0.1, 0.15) is 18.2 Å². The summed E-state index contributed by atoms with van der Waals surface area (Å²) < 4.78 is 1.79. The molecule has 3 nitrogen and oxygen atoms in total. The predicted molar refractivity (Wildman–Crippen MR) is 65.2 cm³/mol. The summed E-state index contributed by atoms with van der Waals surface area (Å²) in [4.78, 5) is 0. The van der Waals surface area contributed by atoms with Crippen molar-refractivity contribution in [3.8, 4) is 5.69 Å². The minimum Gasteiger partial charge on any atom is -0.220 e. The summed E-state index contributed by atoms with van der Waals surface area (Å²) in [5.41, 5.74) is 3.27. The molecule has 1 aromatic heterocycles. The molecule has 0 atom stereocenters. The third-order valence-electron chi connectivity index (χ3n) is 2.47. The van der Waals surface area contributed by atoms with Crippen molar-refractivity contribution in [2.24, 2.45) is 0 Å². The topological polar surface area (TPSA) is 30.7 Å². The van der Waals surface area contributed by atoms with Gasteiger partial charge in [0.15, 0.2) is 0 Å². The highest BCUT2D eigenvalue weighted by molar-refractivity contribution is 6.17. The molecule has 0 N–H and O–H groups in total. The van der Waals surface area contributed by atoms with Crippen LogP contribution in [-0.2, 0) is 12.8 Å². The van der Waals surface area contributed by atoms with E-state index in [1.165, 1.54) is 5.56 Å². The van der Waals surface area contributed by atoms with Crippen LogP contribution in [0.3, 0.4) is 0 Å². The van der Waals surface area contributed by atoms with Crippen LogP contribution in [0.4, 0.5) is 0 Å². The van der Waals surface area contributed by atoms with Gasteiger partial charge in [-0.1, -0.05) is 24.3 Å². The first-order valence-electron chi connectivity index (χ1n) is 5.40. The summed E-state index contributed by atoms with van der Waals surface area (Å²) in [7, 11) is 0. The van der Waals surface area contributed by atoms with E-state index in [1.54, 1.807) is 4.68 Å². The Morgan fingerprint density at radius 2 is 2.25 bits per heavy atom. The normalized spacial score (nSPS) is 10.6. The van der Waals surface area contributed by atoms with E-state index in [-0.39, 0.29) is 0 Å². The molecule has 0 fully saturated rings. The summed E-state index contributed by atoms with van der Waals surface area (Å²) in [6.07, 6.45) is 3.71. The second-order valence-electron chi connectivity index (χ2n) is 3.62. The summed E-state index contributed by atoms with van der Waals surface area (Å²) in [6, 6.07) is 8.30. The van der Waals surface area contributed by atoms with Gasteiger partial charge in [0.1, 0.15) is 0 Å². The molecule has 0 bridgehead atoms. The number of aromatic nitrogens is 3. The predicted octanol–water partition coefficient (Wildman–Crippen LogP) is 2.61. The Balaban J connectivity index is 2.27. The van der Waals surface area contributed by atoms with Gasteiger partial charge in [-0.15, -0.1) is 16.7 Å². The number of rotatable bonds is 4. The number of hydrogen-bond acceptors (Lipinski definition) is 2. The lowest BCUT2D eigenvalue weighted by Crippen LogP contribution is -1.95. The first-order valence-corrected chi connectivity index (χ1v) is 5.93. The van der Waals surface area contributed by atoms with Gasteiger partial charge in [-0.3, -0.25) is 0 Å². The van der Waals surface area contributed by atoms with Gasteiger partial charge in [-0.2, -0.15) is 0 Å². The van der Waals surface area contributed by atoms with E-state index in [0.29, 0.717) is 5.88 Å². The summed E-state index contributed by atoms with van der Waals surface area (Å²) >= 11 is 5.66. The Kier molecular flexibility index (Phi) is 3.57. The molecule has 84 valence electrons. The van der Waals surface area contributed by atoms with Gasteiger partial charge in [-0.25, -0.2) is 4.68 Å². The highest BCUT2D eigenvalue weighted by Crippen LogP contribution is 2.10. The van der Waals surface area contributed by atoms with Gasteiger partial charge in [0.25, 0.3) is 0 Å². The lowest BCUT2D eigenvalue weighted by Gasteiger charge is -2.02. The van der Waals surface area contributed by atoms with E-state index in [4.69, 9.17) is 11.6 Å². The Bertz CT molecular complexity index is 465. The highest BCUT2D eigenvalue weighted by Gasteiger charge is 2.02. The van der Waals surface area contributed by atoms with Crippen molar-refractivity contribution in [1.29, 1.82) is 0 Å². The second-order valence-corrected chi connectivity index (χ2v) is 3.99. The van der Waals surface area contributed by atoms with Crippen molar-refractivity contribution < 1.29 is 0 Å². The van der Waals surface area contributed by atoms with Gasteiger partial charge in [0, 0.05) is 12.3 Å². The summed E-state index contributed by atoms with van der Waals surface area (Å²) in [5, 5.41) is 8.15. The fraction of sp³-hybridized carbons (Fsp3) is 0.333. The van der Waals surface area contributed by atoms with Crippen LogP contribution in [0, 0.1) is 0 Å². The van der Waals surface area contributed by atoms with Gasteiger partial charge in [0.2, 0.25) is 0 Å². The van der Waals surface area contributed by atoms with Gasteiger partial charge in [0.05, 0.1) is 17.6 Å². The van der Waals surface area contributed by atoms with Crippen molar-refractivity contribution >= 4 is 11.6 Å². The maximum Gasteiger partial charge on any atom is 0.0843 e. The van der Waals surface area contributed by atoms with E-state index in [9.17, 15) is 0 Å². The van der Waals surface area contributed by atoms with Crippen molar-refractivity contribution in [3.63, 3.8) is 0 Å². The molecule has 4 heteroatoms. The molecule has 0 aliphatic rings. The zero-order valence-electron chi connectivity index (χ0n) is 9.23. The molecular formula is C12H14ClN3. The van der Waals surface area contributed by atoms with Gasteiger partial charge < -0.3 is 0 Å². The molecule has 0 saturated carbocycles. The van der Waals surface area contributed by atoms with Crippen LogP contribution in [0.15, 0.2) is 30.5 Å². The minimum atomic E-state index is 0.577. The fourth-order valence-corrected chi connectivity index (χ4v) is 1.75. The third-order valence-corrected chi connectivity index (χ3v) is 2.66. The first-order chi connectivity index (χ1) is 7.83. The SMILES string of the molecule is CCc1cccc(-n2cc(CCCl)nn2)c1. The van der Waals surface area contributed by atoms with E-state index in [1.807, 2.05) is 18.3 Å². The Hall–Kier alpha value is -1.35. The molecule has 2 aromatic rings. The third kappa shape index (κ3) is 2.42. The molecule has 1 heterocycles. The maximum absolute atomic E-state index is 5.66. The van der Waals surface area contributed by atoms with Gasteiger partial charge in [-0.05, 0) is 24.1 Å². The molecule has 0 saturated heterocycles. The van der Waals surface area contributed by atoms with Crippen molar-refractivity contribution in [3.05, 3.63) is 41.7 Å². The Morgan fingerprint density at radius 3 is 3.00 bits per heavy atom. The Morgan fingerprint density at radius 1 is 1.38 bits per heavy atom. The average molecular weight is 236 g/mol. The Labute approximate surface area is 100 Å². The number of alkyl halides is 1. The number of aryl methyl sites for hydroxylation is 2. The monoisotopic (exact) mass is 235 g/mol. The largest absolute Gasteiger partial charge is 0.220 e. The fourth-order valence-electron chi connectivity index (χ4n) is 1.55. The lowest BCUT2D eigenvalue weighted by molar-refractivity contribution is 0.796. The van der Waals surface area contributed by atoms with Crippen LogP contribution in [0.25, 0.3) is 5.69 Å². The molecule has 0 radical (unpaired) electrons. The van der Waals surface area contributed by atoms with E-state index in [2.05, 4.69) is 29.4 Å². The minimum absolute atomic E-state index is 0.577. The van der Waals surface area contributed by atoms with E-state index in [0.717, 1.165) is 24.2 Å². The van der Waals surface area contributed by atoms with Crippen molar-refractivity contribution in [2.75, 3.05) is 5.88 Å². The molecule has 16 heavy (non-hydrogen) atoms. The average Bonchev–Trinajstić information content (AvgIpc) is 2.78. The number of hydrogen-bond donors (Lipinski definition) is 0. The van der Waals surface area contributed by atoms with Crippen LogP contribution in [-0.4, -0.2) is 20.9 Å². The molecule has 0 unspecified atom stereocenters. The molecule has 1 aromatic carbocycles. The quantitative estimate of drug-likeness (QED) is 0.763. The molecule has 2 rings (SSSR count). The highest BCUT2D eigenvalue weighted by atomic mass is 35.5. The van der Waals surface area contributed by atoms with Crippen LogP contribution < -0.4 is 0 Å². The second kappa shape index (κ2) is 5.12. The number of nitrogens with zero attached hydrogens (tertiary/aromatic N) is 3. The summed E-state index contributed by atoms with van der Waals surface area (Å²) in [6.45, 7) is 2.14. The zero-order chi connectivity index (χ0) is 11.4. The standard InChI is InChI=1S/C12H14ClN3/c1-2-10-4-3-5-12(8-10)16-9-11(6-7-13)14-15-16/h3-5,8-9H,2,6-7H2,1H3. The van der Waals surface area contributed by atoms with E-state index >= 15 is 0 Å². The van der Waals surface area contributed by atoms with Crippen molar-refractivity contribution in [2.45, 2.75) is 19.8 Å². The molecule has 0 aliphatic heterocycles.